The summed E-state index contributed by atoms with van der Waals surface area (Å²) in [6.45, 7) is 6.03. The number of Topliss-reactive ketones (excluding diaryl/α,β-unsaturated/α-hetero) is 1. The lowest BCUT2D eigenvalue weighted by molar-refractivity contribution is 0.0909. The zero-order chi connectivity index (χ0) is 19.4. The lowest BCUT2D eigenvalue weighted by Gasteiger charge is -2.31. The first kappa shape index (κ1) is 18.2. The van der Waals surface area contributed by atoms with Crippen LogP contribution in [0.5, 0.6) is 0 Å². The van der Waals surface area contributed by atoms with Crippen LogP contribution in [0.4, 0.5) is 5.82 Å². The van der Waals surface area contributed by atoms with E-state index >= 15 is 0 Å². The van der Waals surface area contributed by atoms with E-state index in [1.165, 1.54) is 0 Å². The third-order valence-electron chi connectivity index (χ3n) is 5.47. The number of aromatic nitrogens is 1. The summed E-state index contributed by atoms with van der Waals surface area (Å²) in [7, 11) is -3.72. The molecule has 1 heterocycles. The van der Waals surface area contributed by atoms with Crippen LogP contribution in [0.2, 0.25) is 0 Å². The molecule has 5 nitrogen and oxygen atoms in total. The highest BCUT2D eigenvalue weighted by molar-refractivity contribution is 7.92. The van der Waals surface area contributed by atoms with E-state index < -0.39 is 10.0 Å². The van der Waals surface area contributed by atoms with Crippen molar-refractivity contribution >= 4 is 21.6 Å². The van der Waals surface area contributed by atoms with Crippen LogP contribution >= 0.6 is 0 Å². The van der Waals surface area contributed by atoms with E-state index in [4.69, 9.17) is 0 Å². The Kier molecular flexibility index (Phi) is 4.14. The maximum Gasteiger partial charge on any atom is 0.263 e. The number of benzene rings is 1. The summed E-state index contributed by atoms with van der Waals surface area (Å²) < 4.78 is 28.4. The number of carbonyl (C=O) groups is 1. The highest BCUT2D eigenvalue weighted by Gasteiger charge is 2.36. The summed E-state index contributed by atoms with van der Waals surface area (Å²) in [5.41, 5.74) is 4.22. The molecule has 0 aliphatic heterocycles. The van der Waals surface area contributed by atoms with Gasteiger partial charge in [0.15, 0.2) is 5.78 Å². The van der Waals surface area contributed by atoms with Gasteiger partial charge in [-0.2, -0.15) is 0 Å². The molecule has 1 aromatic carbocycles. The van der Waals surface area contributed by atoms with E-state index in [0.29, 0.717) is 18.7 Å². The number of pyridine rings is 1. The van der Waals surface area contributed by atoms with Gasteiger partial charge in [-0.25, -0.2) is 13.4 Å². The summed E-state index contributed by atoms with van der Waals surface area (Å²) in [5, 5.41) is 0. The van der Waals surface area contributed by atoms with Crippen molar-refractivity contribution in [2.45, 2.75) is 57.8 Å². The second-order valence-corrected chi connectivity index (χ2v) is 10.1. The second kappa shape index (κ2) is 6.16. The number of sulfonamides is 1. The molecule has 0 amide bonds. The SMILES string of the molecule is Cc1ccc(S(=O)(=O)Nc2nc3c(c4c2CCC4)C(=O)CC(C)(C)C3)cc1. The van der Waals surface area contributed by atoms with Gasteiger partial charge in [0.2, 0.25) is 0 Å². The number of hydrogen-bond acceptors (Lipinski definition) is 4. The van der Waals surface area contributed by atoms with Crippen molar-refractivity contribution < 1.29 is 13.2 Å². The molecule has 0 radical (unpaired) electrons. The highest BCUT2D eigenvalue weighted by atomic mass is 32.2. The van der Waals surface area contributed by atoms with E-state index in [0.717, 1.165) is 47.2 Å². The molecule has 0 saturated carbocycles. The molecule has 0 fully saturated rings. The van der Waals surface area contributed by atoms with E-state index in [1.54, 1.807) is 24.3 Å². The van der Waals surface area contributed by atoms with Gasteiger partial charge in [0.05, 0.1) is 10.6 Å². The van der Waals surface area contributed by atoms with Crippen molar-refractivity contribution in [1.29, 1.82) is 0 Å². The smallest absolute Gasteiger partial charge is 0.263 e. The third kappa shape index (κ3) is 3.27. The Balaban J connectivity index is 1.79. The molecule has 0 unspecified atom stereocenters. The number of ketones is 1. The van der Waals surface area contributed by atoms with Gasteiger partial charge >= 0.3 is 0 Å². The number of anilines is 1. The summed E-state index contributed by atoms with van der Waals surface area (Å²) in [4.78, 5) is 17.6. The Labute approximate surface area is 160 Å². The van der Waals surface area contributed by atoms with Gasteiger partial charge < -0.3 is 0 Å². The lowest BCUT2D eigenvalue weighted by Crippen LogP contribution is -2.30. The zero-order valence-corrected chi connectivity index (χ0v) is 16.7. The van der Waals surface area contributed by atoms with Gasteiger partial charge in [0, 0.05) is 12.0 Å². The number of hydrogen-bond donors (Lipinski definition) is 1. The molecule has 6 heteroatoms. The number of nitrogens with zero attached hydrogens (tertiary/aromatic N) is 1. The van der Waals surface area contributed by atoms with Crippen molar-refractivity contribution in [2.24, 2.45) is 5.41 Å². The van der Waals surface area contributed by atoms with Crippen LogP contribution in [0.1, 0.15) is 59.4 Å². The van der Waals surface area contributed by atoms with Crippen molar-refractivity contribution in [1.82, 2.24) is 4.98 Å². The van der Waals surface area contributed by atoms with Crippen LogP contribution in [0.15, 0.2) is 29.2 Å². The topological polar surface area (TPSA) is 76.1 Å². The molecule has 1 aromatic heterocycles. The predicted octanol–water partition coefficient (Wildman–Crippen LogP) is 3.83. The molecule has 2 aliphatic carbocycles. The number of carbonyl (C=O) groups excluding carboxylic acids is 1. The fourth-order valence-corrected chi connectivity index (χ4v) is 5.23. The third-order valence-corrected chi connectivity index (χ3v) is 6.82. The molecule has 4 rings (SSSR count). The number of fused-ring (bicyclic) bond motifs is 3. The van der Waals surface area contributed by atoms with Crippen molar-refractivity contribution in [3.05, 3.63) is 52.2 Å². The van der Waals surface area contributed by atoms with Crippen LogP contribution < -0.4 is 4.72 Å². The first-order valence-corrected chi connectivity index (χ1v) is 10.8. The summed E-state index contributed by atoms with van der Waals surface area (Å²) in [6, 6.07) is 6.76. The van der Waals surface area contributed by atoms with Gasteiger partial charge in [0.1, 0.15) is 5.82 Å². The molecule has 0 bridgehead atoms. The van der Waals surface area contributed by atoms with Gasteiger partial charge in [-0.05, 0) is 61.3 Å². The Morgan fingerprint density at radius 1 is 1.04 bits per heavy atom. The molecule has 0 atom stereocenters. The normalized spacial score (nSPS) is 18.1. The van der Waals surface area contributed by atoms with Crippen molar-refractivity contribution in [3.63, 3.8) is 0 Å². The van der Waals surface area contributed by atoms with Crippen molar-refractivity contribution in [3.8, 4) is 0 Å². The van der Waals surface area contributed by atoms with Crippen LogP contribution in [-0.2, 0) is 29.3 Å². The van der Waals surface area contributed by atoms with Crippen LogP contribution in [0.3, 0.4) is 0 Å². The zero-order valence-electron chi connectivity index (χ0n) is 15.9. The fraction of sp³-hybridized carbons (Fsp3) is 0.429. The Morgan fingerprint density at radius 2 is 1.70 bits per heavy atom. The molecule has 27 heavy (non-hydrogen) atoms. The first-order chi connectivity index (χ1) is 12.7. The molecule has 2 aliphatic rings. The maximum absolute atomic E-state index is 12.9. The van der Waals surface area contributed by atoms with E-state index in [-0.39, 0.29) is 16.1 Å². The fourth-order valence-electron chi connectivity index (χ4n) is 4.20. The average molecular weight is 385 g/mol. The molecular formula is C21H24N2O3S. The minimum atomic E-state index is -3.72. The molecule has 0 spiro atoms. The van der Waals surface area contributed by atoms with Gasteiger partial charge in [-0.3, -0.25) is 9.52 Å². The molecule has 142 valence electrons. The van der Waals surface area contributed by atoms with Gasteiger partial charge in [-0.1, -0.05) is 31.5 Å². The van der Waals surface area contributed by atoms with Crippen LogP contribution in [0, 0.1) is 12.3 Å². The van der Waals surface area contributed by atoms with Crippen LogP contribution in [0.25, 0.3) is 0 Å². The quantitative estimate of drug-likeness (QED) is 0.872. The number of nitrogens with one attached hydrogen (secondary N) is 1. The first-order valence-electron chi connectivity index (χ1n) is 9.34. The molecular weight excluding hydrogens is 360 g/mol. The lowest BCUT2D eigenvalue weighted by atomic mass is 9.74. The van der Waals surface area contributed by atoms with Crippen molar-refractivity contribution in [2.75, 3.05) is 4.72 Å². The Hall–Kier alpha value is -2.21. The second-order valence-electron chi connectivity index (χ2n) is 8.45. The molecule has 1 N–H and O–H groups in total. The minimum Gasteiger partial charge on any atom is -0.294 e. The van der Waals surface area contributed by atoms with Gasteiger partial charge in [-0.15, -0.1) is 0 Å². The predicted molar refractivity (Wildman–Crippen MR) is 105 cm³/mol. The molecule has 2 aromatic rings. The van der Waals surface area contributed by atoms with E-state index in [9.17, 15) is 13.2 Å². The largest absolute Gasteiger partial charge is 0.294 e. The number of aryl methyl sites for hydroxylation is 1. The van der Waals surface area contributed by atoms with Gasteiger partial charge in [0.25, 0.3) is 10.0 Å². The Morgan fingerprint density at radius 3 is 2.41 bits per heavy atom. The van der Waals surface area contributed by atoms with E-state index in [2.05, 4.69) is 23.6 Å². The molecule has 0 saturated heterocycles. The summed E-state index contributed by atoms with van der Waals surface area (Å²) in [6.07, 6.45) is 3.68. The monoisotopic (exact) mass is 384 g/mol. The van der Waals surface area contributed by atoms with E-state index in [1.807, 2.05) is 6.92 Å². The van der Waals surface area contributed by atoms with Crippen LogP contribution in [-0.4, -0.2) is 19.2 Å². The number of rotatable bonds is 3. The standard InChI is InChI=1S/C21H24N2O3S/c1-13-7-9-14(10-8-13)27(25,26)23-20-16-6-4-5-15(16)19-17(22-20)11-21(2,3)12-18(19)24/h7-10H,4-6,11-12H2,1-3H3,(H,22,23). The summed E-state index contributed by atoms with van der Waals surface area (Å²) >= 11 is 0. The Bertz CT molecular complexity index is 1040. The average Bonchev–Trinajstić information content (AvgIpc) is 3.03. The maximum atomic E-state index is 12.9. The minimum absolute atomic E-state index is 0.139. The highest BCUT2D eigenvalue weighted by Crippen LogP contribution is 2.40. The summed E-state index contributed by atoms with van der Waals surface area (Å²) in [5.74, 6) is 0.534.